The summed E-state index contributed by atoms with van der Waals surface area (Å²) < 4.78 is 64.6. The molecule has 0 amide bonds. The van der Waals surface area contributed by atoms with Gasteiger partial charge in [-0.25, -0.2) is 16.8 Å². The van der Waals surface area contributed by atoms with Crippen molar-refractivity contribution in [1.82, 2.24) is 0 Å². The van der Waals surface area contributed by atoms with Crippen molar-refractivity contribution >= 4 is 69.1 Å². The van der Waals surface area contributed by atoms with Gasteiger partial charge in [0.25, 0.3) is 0 Å². The normalized spacial score (nSPS) is 10.8. The van der Waals surface area contributed by atoms with Gasteiger partial charge in [0.15, 0.2) is 0 Å². The largest absolute Gasteiger partial charge is 2.00 e. The molecule has 0 atom stereocenters. The molecule has 6 nitrogen and oxygen atoms in total. The molecule has 0 unspecified atom stereocenters. The summed E-state index contributed by atoms with van der Waals surface area (Å²) >= 11 is 0. The molecule has 0 N–H and O–H groups in total. The van der Waals surface area contributed by atoms with E-state index >= 15 is 0 Å². The molecule has 2 aromatic carbocycles. The van der Waals surface area contributed by atoms with Gasteiger partial charge in [0, 0.05) is 0 Å². The Balaban J connectivity index is 0.000000483. The Labute approximate surface area is 190 Å². The zero-order chi connectivity index (χ0) is 20.1. The molecular formula is C18H18CaO6S2. The van der Waals surface area contributed by atoms with E-state index in [-0.39, 0.29) is 47.5 Å². The first-order valence-electron chi connectivity index (χ1n) is 7.27. The predicted octanol–water partition coefficient (Wildman–Crippen LogP) is 2.87. The molecule has 0 saturated carbocycles. The second kappa shape index (κ2) is 10.5. The fourth-order valence-electron chi connectivity index (χ4n) is 2.07. The van der Waals surface area contributed by atoms with E-state index in [2.05, 4.69) is 13.2 Å². The van der Waals surface area contributed by atoms with Crippen LogP contribution in [0.4, 0.5) is 0 Å². The Hall–Kier alpha value is -1.00. The summed E-state index contributed by atoms with van der Waals surface area (Å²) in [5, 5.41) is 0. The van der Waals surface area contributed by atoms with Gasteiger partial charge >= 0.3 is 37.7 Å². The van der Waals surface area contributed by atoms with Crippen LogP contribution in [0.2, 0.25) is 0 Å². The first kappa shape index (κ1) is 26.0. The third-order valence-electron chi connectivity index (χ3n) is 3.23. The van der Waals surface area contributed by atoms with E-state index in [4.69, 9.17) is 0 Å². The maximum atomic E-state index is 10.8. The zero-order valence-corrected chi connectivity index (χ0v) is 18.8. The van der Waals surface area contributed by atoms with Gasteiger partial charge in [-0.15, -0.1) is 0 Å². The van der Waals surface area contributed by atoms with Gasteiger partial charge in [-0.2, -0.15) is 0 Å². The zero-order valence-electron chi connectivity index (χ0n) is 15.0. The molecule has 0 aliphatic carbocycles. The molecule has 27 heavy (non-hydrogen) atoms. The quantitative estimate of drug-likeness (QED) is 0.540. The van der Waals surface area contributed by atoms with Crippen molar-refractivity contribution in [2.45, 2.75) is 23.6 Å². The molecule has 0 aliphatic rings. The molecule has 0 aliphatic heterocycles. The first-order valence-corrected chi connectivity index (χ1v) is 10.1. The molecule has 0 heterocycles. The monoisotopic (exact) mass is 434 g/mol. The van der Waals surface area contributed by atoms with E-state index < -0.39 is 20.2 Å². The average molecular weight is 435 g/mol. The molecule has 0 fully saturated rings. The van der Waals surface area contributed by atoms with Crippen LogP contribution >= 0.6 is 0 Å². The SMILES string of the molecule is C=C(C)c1ccccc1S(=O)(=O)[O-].C=C(C)c1ccccc1S(=O)(=O)[O-].[Ca+2]. The molecule has 0 saturated heterocycles. The van der Waals surface area contributed by atoms with Crippen molar-refractivity contribution in [3.63, 3.8) is 0 Å². The predicted molar refractivity (Wildman–Crippen MR) is 104 cm³/mol. The smallest absolute Gasteiger partial charge is 0.744 e. The van der Waals surface area contributed by atoms with E-state index in [9.17, 15) is 25.9 Å². The summed E-state index contributed by atoms with van der Waals surface area (Å²) in [7, 11) is -8.78. The van der Waals surface area contributed by atoms with Crippen molar-refractivity contribution in [2.75, 3.05) is 0 Å². The maximum Gasteiger partial charge on any atom is 2.00 e. The van der Waals surface area contributed by atoms with Crippen LogP contribution in [0.3, 0.4) is 0 Å². The Kier molecular flexibility index (Phi) is 10.1. The van der Waals surface area contributed by atoms with E-state index in [1.165, 1.54) is 24.3 Å². The molecule has 0 spiro atoms. The minimum atomic E-state index is -4.39. The molecule has 9 heteroatoms. The van der Waals surface area contributed by atoms with Crippen LogP contribution in [0, 0.1) is 0 Å². The van der Waals surface area contributed by atoms with Crippen molar-refractivity contribution in [3.8, 4) is 0 Å². The third-order valence-corrected chi connectivity index (χ3v) is 5.02. The number of rotatable bonds is 4. The Morgan fingerprint density at radius 1 is 0.704 bits per heavy atom. The van der Waals surface area contributed by atoms with E-state index in [1.807, 2.05) is 0 Å². The van der Waals surface area contributed by atoms with Crippen molar-refractivity contribution in [2.24, 2.45) is 0 Å². The summed E-state index contributed by atoms with van der Waals surface area (Å²) in [5.41, 5.74) is 1.90. The summed E-state index contributed by atoms with van der Waals surface area (Å²) in [4.78, 5) is -0.412. The van der Waals surface area contributed by atoms with Crippen LogP contribution < -0.4 is 0 Å². The van der Waals surface area contributed by atoms with Crippen molar-refractivity contribution < 1.29 is 25.9 Å². The molecule has 0 radical (unpaired) electrons. The Morgan fingerprint density at radius 3 is 1.15 bits per heavy atom. The van der Waals surface area contributed by atoms with E-state index in [1.54, 1.807) is 38.1 Å². The molecule has 0 bridgehead atoms. The second-order valence-electron chi connectivity index (χ2n) is 5.46. The minimum absolute atomic E-state index is 0. The molecule has 140 valence electrons. The average Bonchev–Trinajstić information content (AvgIpc) is 2.54. The standard InChI is InChI=1S/2C9H10O3S.Ca/c2*1-7(2)8-5-3-4-6-9(8)13(10,11)12;/h2*3-6H,1H2,2H3,(H,10,11,12);/q;;+2/p-2. The fourth-order valence-corrected chi connectivity index (χ4v) is 3.59. The van der Waals surface area contributed by atoms with Gasteiger partial charge < -0.3 is 9.11 Å². The number of benzene rings is 2. The summed E-state index contributed by atoms with van der Waals surface area (Å²) in [6.07, 6.45) is 0. The summed E-state index contributed by atoms with van der Waals surface area (Å²) in [6.45, 7) is 10.5. The summed E-state index contributed by atoms with van der Waals surface area (Å²) in [5.74, 6) is 0. The molecule has 2 aromatic rings. The first-order chi connectivity index (χ1) is 11.9. The topological polar surface area (TPSA) is 114 Å². The van der Waals surface area contributed by atoms with Crippen LogP contribution in [0.15, 0.2) is 71.5 Å². The van der Waals surface area contributed by atoms with Gasteiger partial charge in [-0.3, -0.25) is 0 Å². The second-order valence-corrected chi connectivity index (χ2v) is 8.16. The number of hydrogen-bond donors (Lipinski definition) is 0. The Morgan fingerprint density at radius 2 is 0.963 bits per heavy atom. The van der Waals surface area contributed by atoms with Crippen LogP contribution in [0.1, 0.15) is 25.0 Å². The van der Waals surface area contributed by atoms with Crippen LogP contribution in [-0.2, 0) is 20.2 Å². The van der Waals surface area contributed by atoms with Crippen LogP contribution in [-0.4, -0.2) is 63.7 Å². The van der Waals surface area contributed by atoms with Gasteiger partial charge in [0.2, 0.25) is 0 Å². The van der Waals surface area contributed by atoms with Gasteiger partial charge in [-0.1, -0.05) is 49.6 Å². The maximum absolute atomic E-state index is 10.8. The molecule has 2 rings (SSSR count). The van der Waals surface area contributed by atoms with Gasteiger partial charge in [0.05, 0.1) is 9.79 Å². The molecular weight excluding hydrogens is 416 g/mol. The minimum Gasteiger partial charge on any atom is -0.744 e. The van der Waals surface area contributed by atoms with Crippen molar-refractivity contribution in [1.29, 1.82) is 0 Å². The van der Waals surface area contributed by atoms with Crippen LogP contribution in [0.25, 0.3) is 11.1 Å². The molecule has 0 aromatic heterocycles. The van der Waals surface area contributed by atoms with E-state index in [0.29, 0.717) is 22.3 Å². The summed E-state index contributed by atoms with van der Waals surface area (Å²) in [6, 6.07) is 12.0. The van der Waals surface area contributed by atoms with Gasteiger partial charge in [0.1, 0.15) is 20.2 Å². The van der Waals surface area contributed by atoms with Gasteiger partial charge in [-0.05, 0) is 48.3 Å². The fraction of sp³-hybridized carbons (Fsp3) is 0.111. The third kappa shape index (κ3) is 7.87. The van der Waals surface area contributed by atoms with Crippen molar-refractivity contribution in [3.05, 3.63) is 72.8 Å². The van der Waals surface area contributed by atoms with Crippen LogP contribution in [0.5, 0.6) is 0 Å². The van der Waals surface area contributed by atoms with E-state index in [0.717, 1.165) is 0 Å². The Bertz CT molecular complexity index is 956. The number of allylic oxidation sites excluding steroid dienone is 2. The number of hydrogen-bond acceptors (Lipinski definition) is 6.